The maximum atomic E-state index is 12.3. The highest BCUT2D eigenvalue weighted by molar-refractivity contribution is 6.01. The number of nitrogens with one attached hydrogen (secondary N) is 2. The topological polar surface area (TPSA) is 98.2 Å². The standard InChI is InChI=1S/C21H25N3O5/c1-14(11-20(25)22-13-15-5-7-16(27-2)8-6-15)23-24-21(26)18-10-9-17(28-3)12-19(18)29-4/h5-10,12H,11,13H2,1-4H3,(H,22,25)(H,24,26)/b23-14-. The number of nitrogens with zero attached hydrogens (tertiary/aromatic N) is 1. The molecule has 2 aromatic carbocycles. The molecule has 0 fully saturated rings. The molecule has 0 aliphatic heterocycles. The van der Waals surface area contributed by atoms with Crippen molar-refractivity contribution in [2.24, 2.45) is 5.10 Å². The van der Waals surface area contributed by atoms with Crippen LogP contribution in [0.3, 0.4) is 0 Å². The van der Waals surface area contributed by atoms with Gasteiger partial charge in [0.2, 0.25) is 5.91 Å². The van der Waals surface area contributed by atoms with Crippen LogP contribution < -0.4 is 25.0 Å². The van der Waals surface area contributed by atoms with Crippen LogP contribution in [0, 0.1) is 0 Å². The second kappa shape index (κ2) is 10.7. The smallest absolute Gasteiger partial charge is 0.275 e. The van der Waals surface area contributed by atoms with Crippen LogP contribution >= 0.6 is 0 Å². The number of carbonyl (C=O) groups excluding carboxylic acids is 2. The molecule has 0 saturated carbocycles. The van der Waals surface area contributed by atoms with Crippen LogP contribution in [0.25, 0.3) is 0 Å². The molecule has 8 nitrogen and oxygen atoms in total. The Hall–Kier alpha value is -3.55. The number of rotatable bonds is 9. The van der Waals surface area contributed by atoms with Gasteiger partial charge in [0.05, 0.1) is 33.3 Å². The molecule has 0 heterocycles. The normalized spacial score (nSPS) is 10.8. The third-order valence-corrected chi connectivity index (χ3v) is 4.07. The van der Waals surface area contributed by atoms with E-state index >= 15 is 0 Å². The van der Waals surface area contributed by atoms with Crippen LogP contribution in [0.2, 0.25) is 0 Å². The molecule has 0 saturated heterocycles. The fourth-order valence-electron chi connectivity index (χ4n) is 2.47. The first-order valence-electron chi connectivity index (χ1n) is 8.92. The predicted molar refractivity (Wildman–Crippen MR) is 110 cm³/mol. The van der Waals surface area contributed by atoms with Crippen molar-refractivity contribution in [2.75, 3.05) is 21.3 Å². The summed E-state index contributed by atoms with van der Waals surface area (Å²) in [6, 6.07) is 12.3. The van der Waals surface area contributed by atoms with Crippen molar-refractivity contribution in [3.8, 4) is 17.2 Å². The number of hydrogen-bond acceptors (Lipinski definition) is 6. The van der Waals surface area contributed by atoms with E-state index in [9.17, 15) is 9.59 Å². The fourth-order valence-corrected chi connectivity index (χ4v) is 2.47. The molecule has 2 N–H and O–H groups in total. The maximum Gasteiger partial charge on any atom is 0.275 e. The summed E-state index contributed by atoms with van der Waals surface area (Å²) in [6.07, 6.45) is 0.0657. The third-order valence-electron chi connectivity index (χ3n) is 4.07. The van der Waals surface area contributed by atoms with Crippen molar-refractivity contribution in [2.45, 2.75) is 19.9 Å². The zero-order valence-electron chi connectivity index (χ0n) is 16.9. The highest BCUT2D eigenvalue weighted by Crippen LogP contribution is 2.24. The summed E-state index contributed by atoms with van der Waals surface area (Å²) < 4.78 is 15.4. The number of carbonyl (C=O) groups is 2. The zero-order chi connectivity index (χ0) is 21.2. The van der Waals surface area contributed by atoms with Gasteiger partial charge in [-0.3, -0.25) is 9.59 Å². The molecule has 0 radical (unpaired) electrons. The van der Waals surface area contributed by atoms with Crippen LogP contribution in [0.1, 0.15) is 29.3 Å². The van der Waals surface area contributed by atoms with Gasteiger partial charge in [-0.25, -0.2) is 5.43 Å². The molecule has 0 aliphatic rings. The lowest BCUT2D eigenvalue weighted by atomic mass is 10.2. The Labute approximate surface area is 169 Å². The highest BCUT2D eigenvalue weighted by Gasteiger charge is 2.13. The first-order chi connectivity index (χ1) is 14.0. The van der Waals surface area contributed by atoms with Crippen molar-refractivity contribution >= 4 is 17.5 Å². The Morgan fingerprint density at radius 1 is 0.931 bits per heavy atom. The van der Waals surface area contributed by atoms with E-state index in [2.05, 4.69) is 15.8 Å². The van der Waals surface area contributed by atoms with E-state index < -0.39 is 5.91 Å². The van der Waals surface area contributed by atoms with Crippen LogP contribution in [0.15, 0.2) is 47.6 Å². The summed E-state index contributed by atoms with van der Waals surface area (Å²) in [6.45, 7) is 2.06. The molecule has 0 aliphatic carbocycles. The van der Waals surface area contributed by atoms with Gasteiger partial charge < -0.3 is 19.5 Å². The number of ether oxygens (including phenoxy) is 3. The first-order valence-corrected chi connectivity index (χ1v) is 8.92. The SMILES string of the molecule is COc1ccc(CNC(=O)C/C(C)=N\NC(=O)c2ccc(OC)cc2OC)cc1. The van der Waals surface area contributed by atoms with Gasteiger partial charge in [-0.2, -0.15) is 5.10 Å². The van der Waals surface area contributed by atoms with Gasteiger partial charge in [0.25, 0.3) is 5.91 Å². The van der Waals surface area contributed by atoms with Gasteiger partial charge >= 0.3 is 0 Å². The first kappa shape index (κ1) is 21.7. The summed E-state index contributed by atoms with van der Waals surface area (Å²) in [5, 5.41) is 6.80. The molecule has 0 atom stereocenters. The van der Waals surface area contributed by atoms with E-state index in [0.717, 1.165) is 11.3 Å². The third kappa shape index (κ3) is 6.53. The minimum absolute atomic E-state index is 0.0657. The summed E-state index contributed by atoms with van der Waals surface area (Å²) >= 11 is 0. The zero-order valence-corrected chi connectivity index (χ0v) is 16.9. The van der Waals surface area contributed by atoms with Gasteiger partial charge in [0, 0.05) is 18.3 Å². The van der Waals surface area contributed by atoms with Crippen LogP contribution in [0.4, 0.5) is 0 Å². The van der Waals surface area contributed by atoms with Gasteiger partial charge in [0.1, 0.15) is 17.2 Å². The predicted octanol–water partition coefficient (Wildman–Crippen LogP) is 2.52. The number of hydrazone groups is 1. The highest BCUT2D eigenvalue weighted by atomic mass is 16.5. The molecule has 2 rings (SSSR count). The van der Waals surface area contributed by atoms with Crippen LogP contribution in [-0.2, 0) is 11.3 Å². The van der Waals surface area contributed by atoms with E-state index in [1.165, 1.54) is 14.2 Å². The van der Waals surface area contributed by atoms with E-state index in [4.69, 9.17) is 14.2 Å². The van der Waals surface area contributed by atoms with Gasteiger partial charge in [0.15, 0.2) is 0 Å². The maximum absolute atomic E-state index is 12.3. The number of hydrogen-bond donors (Lipinski definition) is 2. The molecule has 154 valence electrons. The second-order valence-electron chi connectivity index (χ2n) is 6.16. The minimum atomic E-state index is -0.442. The molecule has 0 unspecified atom stereocenters. The summed E-state index contributed by atoms with van der Waals surface area (Å²) in [4.78, 5) is 24.4. The Balaban J connectivity index is 1.87. The average molecular weight is 399 g/mol. The van der Waals surface area contributed by atoms with Crippen molar-refractivity contribution in [3.63, 3.8) is 0 Å². The monoisotopic (exact) mass is 399 g/mol. The summed E-state index contributed by atoms with van der Waals surface area (Å²) in [5.41, 5.74) is 4.17. The summed E-state index contributed by atoms with van der Waals surface area (Å²) in [7, 11) is 4.59. The minimum Gasteiger partial charge on any atom is -0.497 e. The average Bonchev–Trinajstić information content (AvgIpc) is 2.75. The van der Waals surface area contributed by atoms with Crippen molar-refractivity contribution in [1.29, 1.82) is 0 Å². The molecule has 0 aromatic heterocycles. The summed E-state index contributed by atoms with van der Waals surface area (Å²) in [5.74, 6) is 1.06. The largest absolute Gasteiger partial charge is 0.497 e. The molecule has 0 spiro atoms. The molecule has 2 aromatic rings. The van der Waals surface area contributed by atoms with Gasteiger partial charge in [-0.05, 0) is 36.8 Å². The molecule has 29 heavy (non-hydrogen) atoms. The number of amides is 2. The Bertz CT molecular complexity index is 878. The van der Waals surface area contributed by atoms with Gasteiger partial charge in [-0.15, -0.1) is 0 Å². The van der Waals surface area contributed by atoms with E-state index in [0.29, 0.717) is 29.3 Å². The molecule has 0 bridgehead atoms. The quantitative estimate of drug-likeness (QED) is 0.499. The number of benzene rings is 2. The molecule has 8 heteroatoms. The lowest BCUT2D eigenvalue weighted by Crippen LogP contribution is -2.26. The lowest BCUT2D eigenvalue weighted by molar-refractivity contribution is -0.120. The molecular weight excluding hydrogens is 374 g/mol. The lowest BCUT2D eigenvalue weighted by Gasteiger charge is -2.09. The van der Waals surface area contributed by atoms with Crippen LogP contribution in [0.5, 0.6) is 17.2 Å². The van der Waals surface area contributed by atoms with E-state index in [1.54, 1.807) is 32.2 Å². The van der Waals surface area contributed by atoms with Crippen molar-refractivity contribution < 1.29 is 23.8 Å². The second-order valence-corrected chi connectivity index (χ2v) is 6.16. The van der Waals surface area contributed by atoms with Crippen molar-refractivity contribution in [3.05, 3.63) is 53.6 Å². The van der Waals surface area contributed by atoms with Crippen molar-refractivity contribution in [1.82, 2.24) is 10.7 Å². The van der Waals surface area contributed by atoms with Gasteiger partial charge in [-0.1, -0.05) is 12.1 Å². The van der Waals surface area contributed by atoms with E-state index in [1.807, 2.05) is 24.3 Å². The number of methoxy groups -OCH3 is 3. The Morgan fingerprint density at radius 3 is 2.21 bits per heavy atom. The Morgan fingerprint density at radius 2 is 1.59 bits per heavy atom. The fraction of sp³-hybridized carbons (Fsp3) is 0.286. The van der Waals surface area contributed by atoms with E-state index in [-0.39, 0.29) is 12.3 Å². The van der Waals surface area contributed by atoms with Crippen LogP contribution in [-0.4, -0.2) is 38.9 Å². The molecule has 2 amide bonds. The molecular formula is C21H25N3O5. The Kier molecular flexibility index (Phi) is 8.02.